The minimum absolute atomic E-state index is 0.451. The van der Waals surface area contributed by atoms with E-state index < -0.39 is 5.95 Å². The summed E-state index contributed by atoms with van der Waals surface area (Å²) in [5.41, 5.74) is 2.41. The molecule has 0 aliphatic rings. The highest BCUT2D eigenvalue weighted by atomic mass is 32.1. The zero-order valence-corrected chi connectivity index (χ0v) is 7.44. The third-order valence-corrected chi connectivity index (χ3v) is 2.29. The summed E-state index contributed by atoms with van der Waals surface area (Å²) in [7, 11) is 0. The average molecular weight is 183 g/mol. The van der Waals surface area contributed by atoms with E-state index in [2.05, 4.69) is 13.7 Å². The molecule has 2 heterocycles. The topological polar surface area (TPSA) is 38.7 Å². The van der Waals surface area contributed by atoms with Crippen molar-refractivity contribution in [1.82, 2.24) is 13.7 Å². The fourth-order valence-electron chi connectivity index (χ4n) is 1.05. The van der Waals surface area contributed by atoms with E-state index in [0.717, 1.165) is 11.7 Å². The highest BCUT2D eigenvalue weighted by Gasteiger charge is 2.10. The molecule has 2 aromatic heterocycles. The molecule has 0 aliphatic heterocycles. The van der Waals surface area contributed by atoms with Gasteiger partial charge in [0, 0.05) is 5.56 Å². The second-order valence-corrected chi connectivity index (χ2v) is 3.10. The molecule has 0 saturated heterocycles. The third kappa shape index (κ3) is 0.896. The number of fused-ring (bicyclic) bond motifs is 1. The van der Waals surface area contributed by atoms with Crippen LogP contribution in [0.25, 0.3) is 11.0 Å². The highest BCUT2D eigenvalue weighted by Crippen LogP contribution is 2.19. The Kier molecular flexibility index (Phi) is 1.54. The van der Waals surface area contributed by atoms with Crippen molar-refractivity contribution < 1.29 is 4.39 Å². The first-order valence-corrected chi connectivity index (χ1v) is 4.18. The second kappa shape index (κ2) is 2.45. The van der Waals surface area contributed by atoms with Crippen molar-refractivity contribution in [3.05, 3.63) is 17.2 Å². The molecule has 2 rings (SSSR count). The monoisotopic (exact) mass is 183 g/mol. The van der Waals surface area contributed by atoms with Crippen molar-refractivity contribution in [3.8, 4) is 0 Å². The minimum Gasteiger partial charge on any atom is -0.222 e. The molecule has 3 nitrogen and oxygen atoms in total. The average Bonchev–Trinajstić information content (AvgIpc) is 2.48. The highest BCUT2D eigenvalue weighted by molar-refractivity contribution is 7.00. The molecule has 0 bridgehead atoms. The summed E-state index contributed by atoms with van der Waals surface area (Å²) in [6.07, 6.45) is 0. The molecule has 0 unspecified atom stereocenters. The predicted octanol–water partition coefficient (Wildman–Crippen LogP) is 1.84. The Balaban J connectivity index is 2.97. The molecule has 2 aromatic rings. The van der Waals surface area contributed by atoms with Gasteiger partial charge in [-0.05, 0) is 13.8 Å². The number of nitrogens with zero attached hydrogens (tertiary/aromatic N) is 3. The lowest BCUT2D eigenvalue weighted by Crippen LogP contribution is -1.93. The van der Waals surface area contributed by atoms with Crippen LogP contribution in [0.2, 0.25) is 0 Å². The normalized spacial score (nSPS) is 10.9. The van der Waals surface area contributed by atoms with Crippen LogP contribution in [0.15, 0.2) is 0 Å². The zero-order chi connectivity index (χ0) is 8.72. The first kappa shape index (κ1) is 7.54. The van der Waals surface area contributed by atoms with Crippen molar-refractivity contribution in [2.75, 3.05) is 0 Å². The van der Waals surface area contributed by atoms with E-state index >= 15 is 0 Å². The van der Waals surface area contributed by atoms with Gasteiger partial charge in [-0.1, -0.05) is 0 Å². The van der Waals surface area contributed by atoms with Gasteiger partial charge in [-0.3, -0.25) is 0 Å². The number of hydrogen-bond donors (Lipinski definition) is 0. The predicted molar refractivity (Wildman–Crippen MR) is 44.6 cm³/mol. The lowest BCUT2D eigenvalue weighted by atomic mass is 10.2. The van der Waals surface area contributed by atoms with E-state index in [1.165, 1.54) is 0 Å². The van der Waals surface area contributed by atoms with Gasteiger partial charge in [-0.25, -0.2) is 4.98 Å². The van der Waals surface area contributed by atoms with Gasteiger partial charge in [0.1, 0.15) is 11.0 Å². The van der Waals surface area contributed by atoms with Crippen LogP contribution in [0, 0.1) is 19.8 Å². The van der Waals surface area contributed by atoms with E-state index in [0.29, 0.717) is 22.3 Å². The molecule has 0 saturated carbocycles. The third-order valence-electron chi connectivity index (χ3n) is 1.76. The van der Waals surface area contributed by atoms with Crippen molar-refractivity contribution in [3.63, 3.8) is 0 Å². The summed E-state index contributed by atoms with van der Waals surface area (Å²) < 4.78 is 21.0. The Morgan fingerprint density at radius 1 is 1.17 bits per heavy atom. The number of halogens is 1. The van der Waals surface area contributed by atoms with Crippen LogP contribution in [0.4, 0.5) is 4.39 Å². The largest absolute Gasteiger partial charge is 0.222 e. The molecule has 0 amide bonds. The smallest absolute Gasteiger partial charge is 0.218 e. The number of aromatic nitrogens is 3. The standard InChI is InChI=1S/C7H6FN3S/c1-3-5-6(11-12-10-5)4(2)9-7(3)8/h1-2H3. The molecule has 0 radical (unpaired) electrons. The van der Waals surface area contributed by atoms with Gasteiger partial charge in [0.2, 0.25) is 5.95 Å². The first-order chi connectivity index (χ1) is 5.70. The first-order valence-electron chi connectivity index (χ1n) is 3.45. The molecule has 0 fully saturated rings. The molecule has 5 heteroatoms. The van der Waals surface area contributed by atoms with Crippen LogP contribution in [-0.4, -0.2) is 13.7 Å². The molecule has 62 valence electrons. The van der Waals surface area contributed by atoms with Crippen LogP contribution in [-0.2, 0) is 0 Å². The van der Waals surface area contributed by atoms with Gasteiger partial charge >= 0.3 is 0 Å². The van der Waals surface area contributed by atoms with E-state index in [-0.39, 0.29) is 0 Å². The molecular formula is C7H6FN3S. The van der Waals surface area contributed by atoms with Gasteiger partial charge in [0.25, 0.3) is 0 Å². The van der Waals surface area contributed by atoms with Crippen LogP contribution < -0.4 is 0 Å². The Labute approximate surface area is 72.6 Å². The quantitative estimate of drug-likeness (QED) is 0.585. The van der Waals surface area contributed by atoms with Crippen LogP contribution in [0.3, 0.4) is 0 Å². The molecule has 0 atom stereocenters. The van der Waals surface area contributed by atoms with Gasteiger partial charge in [-0.15, -0.1) is 0 Å². The van der Waals surface area contributed by atoms with Crippen molar-refractivity contribution in [2.45, 2.75) is 13.8 Å². The number of rotatable bonds is 0. The summed E-state index contributed by atoms with van der Waals surface area (Å²) in [5.74, 6) is -0.451. The molecule has 0 N–H and O–H groups in total. The molecular weight excluding hydrogens is 177 g/mol. The second-order valence-electron chi connectivity index (χ2n) is 2.57. The summed E-state index contributed by atoms with van der Waals surface area (Å²) in [6.45, 7) is 3.39. The van der Waals surface area contributed by atoms with Crippen LogP contribution in [0.5, 0.6) is 0 Å². The maximum atomic E-state index is 13.0. The van der Waals surface area contributed by atoms with Crippen molar-refractivity contribution in [2.24, 2.45) is 0 Å². The van der Waals surface area contributed by atoms with Crippen LogP contribution >= 0.6 is 11.7 Å². The Bertz CT molecular complexity index is 437. The van der Waals surface area contributed by atoms with E-state index in [9.17, 15) is 4.39 Å². The lowest BCUT2D eigenvalue weighted by molar-refractivity contribution is 0.574. The fourth-order valence-corrected chi connectivity index (χ4v) is 1.70. The lowest BCUT2D eigenvalue weighted by Gasteiger charge is -1.97. The minimum atomic E-state index is -0.451. The van der Waals surface area contributed by atoms with E-state index in [4.69, 9.17) is 0 Å². The van der Waals surface area contributed by atoms with E-state index in [1.54, 1.807) is 13.8 Å². The van der Waals surface area contributed by atoms with Gasteiger partial charge in [0.15, 0.2) is 0 Å². The van der Waals surface area contributed by atoms with Crippen molar-refractivity contribution >= 4 is 22.8 Å². The molecule has 0 aliphatic carbocycles. The Hall–Kier alpha value is -1.10. The van der Waals surface area contributed by atoms with Crippen molar-refractivity contribution in [1.29, 1.82) is 0 Å². The van der Waals surface area contributed by atoms with E-state index in [1.807, 2.05) is 0 Å². The number of pyridine rings is 1. The SMILES string of the molecule is Cc1nc(F)c(C)c2nsnc12. The fraction of sp³-hybridized carbons (Fsp3) is 0.286. The maximum Gasteiger partial charge on any atom is 0.218 e. The van der Waals surface area contributed by atoms with Crippen LogP contribution in [0.1, 0.15) is 11.3 Å². The summed E-state index contributed by atoms with van der Waals surface area (Å²) in [4.78, 5) is 3.71. The maximum absolute atomic E-state index is 13.0. The zero-order valence-electron chi connectivity index (χ0n) is 6.63. The summed E-state index contributed by atoms with van der Waals surface area (Å²) >= 11 is 1.08. The molecule has 12 heavy (non-hydrogen) atoms. The Morgan fingerprint density at radius 3 is 2.58 bits per heavy atom. The van der Waals surface area contributed by atoms with Gasteiger partial charge in [0.05, 0.1) is 17.4 Å². The number of aryl methyl sites for hydroxylation is 2. The summed E-state index contributed by atoms with van der Waals surface area (Å²) in [6, 6.07) is 0. The molecule has 0 aromatic carbocycles. The summed E-state index contributed by atoms with van der Waals surface area (Å²) in [5, 5.41) is 0. The number of hydrogen-bond acceptors (Lipinski definition) is 4. The molecule has 0 spiro atoms. The van der Waals surface area contributed by atoms with Gasteiger partial charge < -0.3 is 0 Å². The van der Waals surface area contributed by atoms with Gasteiger partial charge in [-0.2, -0.15) is 13.1 Å². The Morgan fingerprint density at radius 2 is 1.83 bits per heavy atom.